The van der Waals surface area contributed by atoms with Crippen molar-refractivity contribution in [2.24, 2.45) is 5.41 Å². The summed E-state index contributed by atoms with van der Waals surface area (Å²) in [5.74, 6) is 0. The second-order valence-electron chi connectivity index (χ2n) is 3.97. The average Bonchev–Trinajstić information content (AvgIpc) is 2.00. The van der Waals surface area contributed by atoms with Crippen LogP contribution in [0.5, 0.6) is 0 Å². The van der Waals surface area contributed by atoms with Gasteiger partial charge in [-0.05, 0) is 44.6 Å². The van der Waals surface area contributed by atoms with Crippen molar-refractivity contribution in [3.63, 3.8) is 0 Å². The van der Waals surface area contributed by atoms with Gasteiger partial charge in [-0.25, -0.2) is 0 Å². The Balaban J connectivity index is 0.000000461. The lowest BCUT2D eigenvalue weighted by molar-refractivity contribution is 0.157. The van der Waals surface area contributed by atoms with Gasteiger partial charge in [-0.15, -0.1) is 0 Å². The molecule has 1 fully saturated rings. The molecule has 1 rings (SSSR count). The summed E-state index contributed by atoms with van der Waals surface area (Å²) in [5.41, 5.74) is 0.618. The quantitative estimate of drug-likeness (QED) is 0.553. The number of rotatable bonds is 0. The van der Waals surface area contributed by atoms with Gasteiger partial charge in [-0.1, -0.05) is 13.8 Å². The van der Waals surface area contributed by atoms with Crippen molar-refractivity contribution in [1.82, 2.24) is 4.90 Å². The molecule has 0 aromatic heterocycles. The fraction of sp³-hybridized carbons (Fsp3) is 1.00. The molecule has 0 spiro atoms. The molecule has 0 bridgehead atoms. The maximum absolute atomic E-state index is 3.53. The Morgan fingerprint density at radius 2 is 1.45 bits per heavy atom. The summed E-state index contributed by atoms with van der Waals surface area (Å²) in [7, 11) is 2.20. The van der Waals surface area contributed by atoms with Crippen molar-refractivity contribution >= 4 is 12.6 Å². The molecule has 0 amide bonds. The van der Waals surface area contributed by atoms with Gasteiger partial charge in [0.15, 0.2) is 0 Å². The zero-order valence-corrected chi connectivity index (χ0v) is 9.12. The topological polar surface area (TPSA) is 3.24 Å². The van der Waals surface area contributed by atoms with Crippen LogP contribution in [0.1, 0.15) is 26.7 Å². The molecular weight excluding hydrogens is 154 g/mol. The van der Waals surface area contributed by atoms with Crippen LogP contribution in [0.25, 0.3) is 0 Å². The van der Waals surface area contributed by atoms with Crippen molar-refractivity contribution in [3.05, 3.63) is 0 Å². The Labute approximate surface area is 76.6 Å². The minimum atomic E-state index is 0.618. The number of likely N-dealkylation sites (tertiary alicyclic amines) is 1. The zero-order valence-electron chi connectivity index (χ0n) is 8.22. The van der Waals surface area contributed by atoms with Gasteiger partial charge in [0.2, 0.25) is 0 Å². The molecular formula is C9H21NS. The highest BCUT2D eigenvalue weighted by atomic mass is 32.1. The normalized spacial score (nSPS) is 23.7. The highest BCUT2D eigenvalue weighted by molar-refractivity contribution is 7.79. The first kappa shape index (κ1) is 11.3. The molecule has 0 N–H and O–H groups in total. The lowest BCUT2D eigenvalue weighted by atomic mass is 9.83. The fourth-order valence-corrected chi connectivity index (χ4v) is 1.22. The molecule has 0 aliphatic carbocycles. The Kier molecular flexibility index (Phi) is 5.19. The summed E-state index contributed by atoms with van der Waals surface area (Å²) in [4.78, 5) is 2.41. The van der Waals surface area contributed by atoms with Crippen LogP contribution in [-0.4, -0.2) is 31.3 Å². The average molecular weight is 175 g/mol. The molecule has 1 saturated heterocycles. The summed E-state index contributed by atoms with van der Waals surface area (Å²) in [6, 6.07) is 0. The Bertz CT molecular complexity index is 91.7. The van der Waals surface area contributed by atoms with Crippen LogP contribution < -0.4 is 0 Å². The van der Waals surface area contributed by atoms with E-state index in [1.54, 1.807) is 6.26 Å². The Morgan fingerprint density at radius 1 is 1.09 bits per heavy atom. The number of nitrogens with zero attached hydrogens (tertiary/aromatic N) is 1. The molecule has 0 radical (unpaired) electrons. The zero-order chi connectivity index (χ0) is 8.91. The monoisotopic (exact) mass is 175 g/mol. The summed E-state index contributed by atoms with van der Waals surface area (Å²) in [6.45, 7) is 7.29. The van der Waals surface area contributed by atoms with E-state index in [4.69, 9.17) is 0 Å². The first-order valence-electron chi connectivity index (χ1n) is 4.23. The van der Waals surface area contributed by atoms with E-state index in [2.05, 4.69) is 38.4 Å². The molecule has 2 heteroatoms. The van der Waals surface area contributed by atoms with Gasteiger partial charge < -0.3 is 4.90 Å². The molecule has 0 unspecified atom stereocenters. The Morgan fingerprint density at radius 3 is 1.73 bits per heavy atom. The molecule has 1 heterocycles. The summed E-state index contributed by atoms with van der Waals surface area (Å²) >= 11 is 3.53. The Hall–Kier alpha value is 0.310. The molecule has 0 aromatic rings. The van der Waals surface area contributed by atoms with Crippen molar-refractivity contribution in [1.29, 1.82) is 0 Å². The number of piperidine rings is 1. The van der Waals surface area contributed by atoms with Crippen molar-refractivity contribution in [3.8, 4) is 0 Å². The van der Waals surface area contributed by atoms with Gasteiger partial charge >= 0.3 is 0 Å². The lowest BCUT2D eigenvalue weighted by Gasteiger charge is -2.34. The number of hydrogen-bond acceptors (Lipinski definition) is 2. The van der Waals surface area contributed by atoms with Crippen LogP contribution in [0.15, 0.2) is 0 Å². The van der Waals surface area contributed by atoms with Gasteiger partial charge in [0.1, 0.15) is 0 Å². The van der Waals surface area contributed by atoms with E-state index in [0.717, 1.165) is 0 Å². The number of thiol groups is 1. The maximum atomic E-state index is 3.53. The van der Waals surface area contributed by atoms with Crippen LogP contribution in [0.4, 0.5) is 0 Å². The van der Waals surface area contributed by atoms with Gasteiger partial charge in [0.25, 0.3) is 0 Å². The van der Waals surface area contributed by atoms with Crippen LogP contribution in [0, 0.1) is 5.41 Å². The van der Waals surface area contributed by atoms with E-state index in [9.17, 15) is 0 Å². The van der Waals surface area contributed by atoms with Gasteiger partial charge in [-0.2, -0.15) is 12.6 Å². The second kappa shape index (κ2) is 5.04. The van der Waals surface area contributed by atoms with Crippen LogP contribution in [0.2, 0.25) is 0 Å². The molecule has 1 nitrogen and oxygen atoms in total. The maximum Gasteiger partial charge on any atom is -0.00167 e. The minimum absolute atomic E-state index is 0.618. The minimum Gasteiger partial charge on any atom is -0.306 e. The van der Waals surface area contributed by atoms with Gasteiger partial charge in [0, 0.05) is 0 Å². The third-order valence-corrected chi connectivity index (χ3v) is 2.34. The van der Waals surface area contributed by atoms with Crippen LogP contribution in [0.3, 0.4) is 0 Å². The summed E-state index contributed by atoms with van der Waals surface area (Å²) in [5, 5.41) is 0. The molecule has 1 aliphatic rings. The van der Waals surface area contributed by atoms with E-state index in [-0.39, 0.29) is 0 Å². The smallest absolute Gasteiger partial charge is 0.00167 e. The summed E-state index contributed by atoms with van der Waals surface area (Å²) in [6.07, 6.45) is 4.42. The van der Waals surface area contributed by atoms with E-state index in [0.29, 0.717) is 5.41 Å². The molecule has 68 valence electrons. The SMILES string of the molecule is CN1CCC(C)(C)CC1.CS. The van der Waals surface area contributed by atoms with E-state index < -0.39 is 0 Å². The van der Waals surface area contributed by atoms with E-state index in [1.807, 2.05) is 0 Å². The highest BCUT2D eigenvalue weighted by Gasteiger charge is 2.22. The summed E-state index contributed by atoms with van der Waals surface area (Å²) < 4.78 is 0. The molecule has 1 aliphatic heterocycles. The standard InChI is InChI=1S/C8H17N.CH4S/c1-8(2)4-6-9(3)7-5-8;1-2/h4-7H2,1-3H3;2H,1H3. The van der Waals surface area contributed by atoms with Gasteiger partial charge in [0.05, 0.1) is 0 Å². The van der Waals surface area contributed by atoms with E-state index >= 15 is 0 Å². The van der Waals surface area contributed by atoms with Crippen LogP contribution >= 0.6 is 12.6 Å². The molecule has 11 heavy (non-hydrogen) atoms. The highest BCUT2D eigenvalue weighted by Crippen LogP contribution is 2.28. The predicted octanol–water partition coefficient (Wildman–Crippen LogP) is 2.28. The third-order valence-electron chi connectivity index (χ3n) is 2.34. The lowest BCUT2D eigenvalue weighted by Crippen LogP contribution is -2.34. The van der Waals surface area contributed by atoms with Crippen molar-refractivity contribution in [2.75, 3.05) is 26.4 Å². The van der Waals surface area contributed by atoms with Crippen molar-refractivity contribution in [2.45, 2.75) is 26.7 Å². The fourth-order valence-electron chi connectivity index (χ4n) is 1.22. The van der Waals surface area contributed by atoms with E-state index in [1.165, 1.54) is 25.9 Å². The third kappa shape index (κ3) is 4.70. The molecule has 0 aromatic carbocycles. The first-order valence-corrected chi connectivity index (χ1v) is 5.13. The van der Waals surface area contributed by atoms with Gasteiger partial charge in [-0.3, -0.25) is 0 Å². The van der Waals surface area contributed by atoms with Crippen molar-refractivity contribution < 1.29 is 0 Å². The molecule has 0 saturated carbocycles. The largest absolute Gasteiger partial charge is 0.306 e. The van der Waals surface area contributed by atoms with Crippen LogP contribution in [-0.2, 0) is 0 Å². The second-order valence-corrected chi connectivity index (χ2v) is 3.97. The first-order chi connectivity index (χ1) is 5.10. The number of hydrogen-bond donors (Lipinski definition) is 1. The predicted molar refractivity (Wildman–Crippen MR) is 55.4 cm³/mol. The molecule has 0 atom stereocenters.